The highest BCUT2D eigenvalue weighted by atomic mass is 19.4. The van der Waals surface area contributed by atoms with Gasteiger partial charge in [0, 0.05) is 25.0 Å². The summed E-state index contributed by atoms with van der Waals surface area (Å²) in [6, 6.07) is 13.3. The molecule has 5 heteroatoms. The van der Waals surface area contributed by atoms with E-state index in [1.165, 1.54) is 0 Å². The number of benzene rings is 2. The van der Waals surface area contributed by atoms with Gasteiger partial charge in [-0.25, -0.2) is 0 Å². The predicted molar refractivity (Wildman–Crippen MR) is 84.2 cm³/mol. The Kier molecular flexibility index (Phi) is 5.31. The minimum Gasteiger partial charge on any atom is -0.388 e. The summed E-state index contributed by atoms with van der Waals surface area (Å²) in [6.45, 7) is 0.778. The number of hydrogen-bond acceptors (Lipinski definition) is 2. The Bertz CT molecular complexity index is 574. The Morgan fingerprint density at radius 1 is 0.864 bits per heavy atom. The van der Waals surface area contributed by atoms with Gasteiger partial charge in [0.25, 0.3) is 0 Å². The number of alkyl halides is 3. The van der Waals surface area contributed by atoms with Crippen LogP contribution in [0.1, 0.15) is 17.5 Å². The van der Waals surface area contributed by atoms with E-state index in [1.807, 2.05) is 31.3 Å². The fourth-order valence-electron chi connectivity index (χ4n) is 2.14. The second kappa shape index (κ2) is 7.20. The van der Waals surface area contributed by atoms with Crippen LogP contribution >= 0.6 is 0 Å². The second-order valence-electron chi connectivity index (χ2n) is 5.05. The van der Waals surface area contributed by atoms with Crippen molar-refractivity contribution in [2.45, 2.75) is 19.0 Å². The van der Waals surface area contributed by atoms with Crippen molar-refractivity contribution in [3.8, 4) is 0 Å². The molecule has 0 saturated carbocycles. The molecule has 22 heavy (non-hydrogen) atoms. The summed E-state index contributed by atoms with van der Waals surface area (Å²) in [5.41, 5.74) is 2.40. The van der Waals surface area contributed by atoms with Crippen LogP contribution in [-0.4, -0.2) is 13.6 Å². The van der Waals surface area contributed by atoms with Crippen LogP contribution in [0.4, 0.5) is 24.5 Å². The molecule has 2 nitrogen and oxygen atoms in total. The zero-order chi connectivity index (χ0) is 16.0. The van der Waals surface area contributed by atoms with Gasteiger partial charge < -0.3 is 10.6 Å². The summed E-state index contributed by atoms with van der Waals surface area (Å²) in [7, 11) is 1.87. The Morgan fingerprint density at radius 2 is 1.45 bits per heavy atom. The van der Waals surface area contributed by atoms with Crippen LogP contribution in [0, 0.1) is 0 Å². The number of halogens is 3. The van der Waals surface area contributed by atoms with Crippen LogP contribution in [-0.2, 0) is 12.6 Å². The summed E-state index contributed by atoms with van der Waals surface area (Å²) in [5.74, 6) is 0. The molecule has 0 radical (unpaired) electrons. The van der Waals surface area contributed by atoms with Crippen molar-refractivity contribution in [2.75, 3.05) is 24.2 Å². The number of nitrogens with one attached hydrogen (secondary N) is 2. The molecule has 0 bridgehead atoms. The molecule has 0 amide bonds. The minimum atomic E-state index is -4.26. The topological polar surface area (TPSA) is 24.1 Å². The van der Waals surface area contributed by atoms with Crippen LogP contribution in [0.25, 0.3) is 0 Å². The summed E-state index contributed by atoms with van der Waals surface area (Å²) >= 11 is 0. The van der Waals surface area contributed by atoms with E-state index in [0.717, 1.165) is 48.5 Å². The first-order valence-electron chi connectivity index (χ1n) is 7.17. The molecule has 0 spiro atoms. The summed E-state index contributed by atoms with van der Waals surface area (Å²) < 4.78 is 37.4. The van der Waals surface area contributed by atoms with Gasteiger partial charge in [0.2, 0.25) is 0 Å². The third-order valence-electron chi connectivity index (χ3n) is 3.43. The highest BCUT2D eigenvalue weighted by Gasteiger charge is 2.29. The SMILES string of the molecule is CNc1ccc(NCCCc2ccc(C(F)(F)F)cc2)cc1. The molecule has 0 unspecified atom stereocenters. The zero-order valence-electron chi connectivity index (χ0n) is 12.4. The standard InChI is InChI=1S/C17H19F3N2/c1-21-15-8-10-16(11-9-15)22-12-2-3-13-4-6-14(7-5-13)17(18,19)20/h4-11,21-22H,2-3,12H2,1H3. The number of aryl methyl sites for hydroxylation is 1. The summed E-state index contributed by atoms with van der Waals surface area (Å²) in [5, 5.41) is 6.34. The van der Waals surface area contributed by atoms with Crippen LogP contribution in [0.2, 0.25) is 0 Å². The molecule has 118 valence electrons. The van der Waals surface area contributed by atoms with Gasteiger partial charge in [-0.1, -0.05) is 12.1 Å². The van der Waals surface area contributed by atoms with Crippen LogP contribution in [0.3, 0.4) is 0 Å². The monoisotopic (exact) mass is 308 g/mol. The lowest BCUT2D eigenvalue weighted by Crippen LogP contribution is -2.05. The lowest BCUT2D eigenvalue weighted by molar-refractivity contribution is -0.137. The van der Waals surface area contributed by atoms with E-state index in [-0.39, 0.29) is 0 Å². The van der Waals surface area contributed by atoms with E-state index in [0.29, 0.717) is 0 Å². The minimum absolute atomic E-state index is 0.598. The van der Waals surface area contributed by atoms with Gasteiger partial charge in [0.15, 0.2) is 0 Å². The van der Waals surface area contributed by atoms with Crippen molar-refractivity contribution in [1.82, 2.24) is 0 Å². The molecule has 0 aliphatic carbocycles. The molecule has 2 aromatic carbocycles. The Labute approximate surface area is 128 Å². The van der Waals surface area contributed by atoms with E-state index in [9.17, 15) is 13.2 Å². The van der Waals surface area contributed by atoms with Gasteiger partial charge in [0.05, 0.1) is 5.56 Å². The van der Waals surface area contributed by atoms with Crippen molar-refractivity contribution in [3.63, 3.8) is 0 Å². The molecule has 2 aromatic rings. The smallest absolute Gasteiger partial charge is 0.388 e. The van der Waals surface area contributed by atoms with Crippen LogP contribution in [0.5, 0.6) is 0 Å². The van der Waals surface area contributed by atoms with E-state index in [4.69, 9.17) is 0 Å². The maximum Gasteiger partial charge on any atom is 0.416 e. The quantitative estimate of drug-likeness (QED) is 0.750. The van der Waals surface area contributed by atoms with E-state index < -0.39 is 11.7 Å². The van der Waals surface area contributed by atoms with Crippen LogP contribution < -0.4 is 10.6 Å². The number of anilines is 2. The lowest BCUT2D eigenvalue weighted by atomic mass is 10.1. The first-order valence-corrected chi connectivity index (χ1v) is 7.17. The number of hydrogen-bond donors (Lipinski definition) is 2. The summed E-state index contributed by atoms with van der Waals surface area (Å²) in [4.78, 5) is 0. The zero-order valence-corrected chi connectivity index (χ0v) is 12.4. The van der Waals surface area contributed by atoms with E-state index in [1.54, 1.807) is 12.1 Å². The van der Waals surface area contributed by atoms with Crippen molar-refractivity contribution >= 4 is 11.4 Å². The van der Waals surface area contributed by atoms with Gasteiger partial charge in [-0.15, -0.1) is 0 Å². The van der Waals surface area contributed by atoms with E-state index in [2.05, 4.69) is 10.6 Å². The fourth-order valence-corrected chi connectivity index (χ4v) is 2.14. The first kappa shape index (κ1) is 16.2. The van der Waals surface area contributed by atoms with Crippen molar-refractivity contribution in [1.29, 1.82) is 0 Å². The molecule has 0 aromatic heterocycles. The molecule has 2 N–H and O–H groups in total. The van der Waals surface area contributed by atoms with Gasteiger partial charge in [-0.05, 0) is 54.8 Å². The summed E-state index contributed by atoms with van der Waals surface area (Å²) in [6.07, 6.45) is -2.65. The van der Waals surface area contributed by atoms with Gasteiger partial charge >= 0.3 is 6.18 Å². The predicted octanol–water partition coefficient (Wildman–Crippen LogP) is 4.79. The highest BCUT2D eigenvalue weighted by molar-refractivity contribution is 5.53. The third kappa shape index (κ3) is 4.69. The average Bonchev–Trinajstić information content (AvgIpc) is 2.52. The number of rotatable bonds is 6. The maximum absolute atomic E-state index is 12.5. The molecular formula is C17H19F3N2. The van der Waals surface area contributed by atoms with Crippen molar-refractivity contribution < 1.29 is 13.2 Å². The Morgan fingerprint density at radius 3 is 2.00 bits per heavy atom. The largest absolute Gasteiger partial charge is 0.416 e. The molecule has 2 rings (SSSR count). The second-order valence-corrected chi connectivity index (χ2v) is 5.05. The molecule has 0 heterocycles. The Balaban J connectivity index is 1.76. The third-order valence-corrected chi connectivity index (χ3v) is 3.43. The molecule has 0 aliphatic rings. The first-order chi connectivity index (χ1) is 10.5. The van der Waals surface area contributed by atoms with Crippen molar-refractivity contribution in [2.24, 2.45) is 0 Å². The Hall–Kier alpha value is -2.17. The van der Waals surface area contributed by atoms with E-state index >= 15 is 0 Å². The molecular weight excluding hydrogens is 289 g/mol. The maximum atomic E-state index is 12.5. The normalized spacial score (nSPS) is 11.3. The van der Waals surface area contributed by atoms with Gasteiger partial charge in [-0.2, -0.15) is 13.2 Å². The average molecular weight is 308 g/mol. The lowest BCUT2D eigenvalue weighted by Gasteiger charge is -2.09. The van der Waals surface area contributed by atoms with Gasteiger partial charge in [0.1, 0.15) is 0 Å². The van der Waals surface area contributed by atoms with Crippen molar-refractivity contribution in [3.05, 3.63) is 59.7 Å². The fraction of sp³-hybridized carbons (Fsp3) is 0.294. The van der Waals surface area contributed by atoms with Crippen LogP contribution in [0.15, 0.2) is 48.5 Å². The molecule has 0 fully saturated rings. The molecule has 0 atom stereocenters. The highest BCUT2D eigenvalue weighted by Crippen LogP contribution is 2.29. The molecule has 0 saturated heterocycles. The van der Waals surface area contributed by atoms with Gasteiger partial charge in [-0.3, -0.25) is 0 Å². The molecule has 0 aliphatic heterocycles.